The van der Waals surface area contributed by atoms with Crippen LogP contribution in [-0.4, -0.2) is 24.4 Å². The van der Waals surface area contributed by atoms with E-state index in [9.17, 15) is 13.6 Å². The third-order valence-corrected chi connectivity index (χ3v) is 3.61. The molecular weight excluding hydrogens is 368 g/mol. The van der Waals surface area contributed by atoms with Crippen molar-refractivity contribution in [1.29, 1.82) is 0 Å². The topological polar surface area (TPSA) is 86.3 Å². The maximum Gasteiger partial charge on any atom is 0.271 e. The van der Waals surface area contributed by atoms with Gasteiger partial charge in [-0.2, -0.15) is 0 Å². The average Bonchev–Trinajstić information content (AvgIpc) is 2.66. The summed E-state index contributed by atoms with van der Waals surface area (Å²) in [6.07, 6.45) is 2.70. The molecule has 0 aromatic heterocycles. The summed E-state index contributed by atoms with van der Waals surface area (Å²) < 4.78 is 27.2. The predicted molar refractivity (Wildman–Crippen MR) is 102 cm³/mol. The molecule has 0 atom stereocenters. The lowest BCUT2D eigenvalue weighted by molar-refractivity contribution is -0.112. The number of allylic oxidation sites excluding steroid dienone is 1. The molecule has 0 aliphatic carbocycles. The first-order valence-electron chi connectivity index (χ1n) is 8.22. The average molecular weight is 387 g/mol. The zero-order valence-electron chi connectivity index (χ0n) is 15.4. The number of hydrogen-bond acceptors (Lipinski definition) is 5. The Morgan fingerprint density at radius 2 is 1.79 bits per heavy atom. The standard InChI is InChI=1S/C20H19F2N3O3/c1-13(10-11-16-17(21)8-5-9-18(16)22)24-28-12-14-6-3-4-7-15(14)19(20(23)26)25-27-2/h3-11H,12H2,1-2H3,(H2,23,26)/b11-10+,24-13?,25-19?. The Kier molecular flexibility index (Phi) is 7.38. The number of hydrogen-bond donors (Lipinski definition) is 1. The number of nitrogens with two attached hydrogens (primary N) is 1. The van der Waals surface area contributed by atoms with Crippen LogP contribution in [0, 0.1) is 11.6 Å². The van der Waals surface area contributed by atoms with Gasteiger partial charge < -0.3 is 15.4 Å². The summed E-state index contributed by atoms with van der Waals surface area (Å²) in [6, 6.07) is 10.5. The quantitative estimate of drug-likeness (QED) is 0.556. The van der Waals surface area contributed by atoms with Crippen LogP contribution in [0.25, 0.3) is 6.08 Å². The molecule has 0 aliphatic rings. The second kappa shape index (κ2) is 9.96. The molecule has 8 heteroatoms. The molecule has 0 saturated carbocycles. The monoisotopic (exact) mass is 387 g/mol. The zero-order valence-corrected chi connectivity index (χ0v) is 15.4. The molecule has 0 fully saturated rings. The number of rotatable bonds is 8. The Bertz CT molecular complexity index is 920. The molecule has 2 N–H and O–H groups in total. The molecule has 0 unspecified atom stereocenters. The molecule has 0 saturated heterocycles. The number of nitrogens with zero attached hydrogens (tertiary/aromatic N) is 2. The van der Waals surface area contributed by atoms with Crippen molar-refractivity contribution in [3.63, 3.8) is 0 Å². The molecule has 2 aromatic carbocycles. The normalized spacial score (nSPS) is 12.3. The Morgan fingerprint density at radius 3 is 2.43 bits per heavy atom. The van der Waals surface area contributed by atoms with Gasteiger partial charge in [0.15, 0.2) is 5.71 Å². The summed E-state index contributed by atoms with van der Waals surface area (Å²) in [6.45, 7) is 1.63. The molecule has 0 radical (unpaired) electrons. The highest BCUT2D eigenvalue weighted by molar-refractivity contribution is 6.45. The summed E-state index contributed by atoms with van der Waals surface area (Å²) in [5, 5.41) is 7.53. The minimum Gasteiger partial charge on any atom is -0.398 e. The fourth-order valence-electron chi connectivity index (χ4n) is 2.30. The highest BCUT2D eigenvalue weighted by Gasteiger charge is 2.15. The smallest absolute Gasteiger partial charge is 0.271 e. The van der Waals surface area contributed by atoms with Gasteiger partial charge >= 0.3 is 0 Å². The van der Waals surface area contributed by atoms with Crippen molar-refractivity contribution in [3.05, 3.63) is 76.9 Å². The molecule has 6 nitrogen and oxygen atoms in total. The van der Waals surface area contributed by atoms with Gasteiger partial charge in [0.25, 0.3) is 5.91 Å². The summed E-state index contributed by atoms with van der Waals surface area (Å²) in [5.41, 5.74) is 6.58. The number of oxime groups is 2. The maximum atomic E-state index is 13.6. The van der Waals surface area contributed by atoms with Gasteiger partial charge in [0, 0.05) is 16.7 Å². The van der Waals surface area contributed by atoms with Crippen LogP contribution < -0.4 is 5.73 Å². The number of primary amides is 1. The van der Waals surface area contributed by atoms with Crippen LogP contribution in [-0.2, 0) is 21.1 Å². The van der Waals surface area contributed by atoms with E-state index < -0.39 is 17.5 Å². The first-order chi connectivity index (χ1) is 13.4. The second-order valence-corrected chi connectivity index (χ2v) is 5.62. The summed E-state index contributed by atoms with van der Waals surface area (Å²) in [5.74, 6) is -2.09. The van der Waals surface area contributed by atoms with E-state index in [1.807, 2.05) is 0 Å². The molecule has 1 amide bonds. The van der Waals surface area contributed by atoms with Crippen LogP contribution in [0.4, 0.5) is 8.78 Å². The Labute approximate surface area is 160 Å². The van der Waals surface area contributed by atoms with E-state index in [0.717, 1.165) is 0 Å². The highest BCUT2D eigenvalue weighted by atomic mass is 19.1. The number of benzene rings is 2. The molecule has 2 aromatic rings. The van der Waals surface area contributed by atoms with Crippen LogP contribution in [0.5, 0.6) is 0 Å². The highest BCUT2D eigenvalue weighted by Crippen LogP contribution is 2.14. The largest absolute Gasteiger partial charge is 0.398 e. The summed E-state index contributed by atoms with van der Waals surface area (Å²) in [7, 11) is 1.31. The van der Waals surface area contributed by atoms with E-state index in [1.54, 1.807) is 31.2 Å². The summed E-state index contributed by atoms with van der Waals surface area (Å²) >= 11 is 0. The Balaban J connectivity index is 2.11. The molecule has 0 spiro atoms. The molecule has 146 valence electrons. The Morgan fingerprint density at radius 1 is 1.11 bits per heavy atom. The van der Waals surface area contributed by atoms with E-state index >= 15 is 0 Å². The fourth-order valence-corrected chi connectivity index (χ4v) is 2.30. The van der Waals surface area contributed by atoms with Crippen molar-refractivity contribution in [2.24, 2.45) is 16.0 Å². The van der Waals surface area contributed by atoms with Gasteiger partial charge in [0.2, 0.25) is 0 Å². The minimum atomic E-state index is -0.746. The van der Waals surface area contributed by atoms with Crippen LogP contribution in [0.15, 0.2) is 58.9 Å². The molecular formula is C20H19F2N3O3. The molecule has 28 heavy (non-hydrogen) atoms. The third kappa shape index (κ3) is 5.47. The van der Waals surface area contributed by atoms with Crippen LogP contribution in [0.2, 0.25) is 0 Å². The van der Waals surface area contributed by atoms with E-state index in [0.29, 0.717) is 16.8 Å². The van der Waals surface area contributed by atoms with Gasteiger partial charge in [-0.1, -0.05) is 40.6 Å². The van der Waals surface area contributed by atoms with Gasteiger partial charge in [-0.25, -0.2) is 8.78 Å². The van der Waals surface area contributed by atoms with Crippen LogP contribution >= 0.6 is 0 Å². The number of carbonyl (C=O) groups excluding carboxylic acids is 1. The van der Waals surface area contributed by atoms with Crippen molar-refractivity contribution in [2.45, 2.75) is 13.5 Å². The third-order valence-electron chi connectivity index (χ3n) is 3.61. The molecule has 0 heterocycles. The van der Waals surface area contributed by atoms with E-state index in [1.165, 1.54) is 37.5 Å². The number of amides is 1. The summed E-state index contributed by atoms with van der Waals surface area (Å²) in [4.78, 5) is 21.5. The van der Waals surface area contributed by atoms with Crippen molar-refractivity contribution in [2.75, 3.05) is 7.11 Å². The molecule has 0 bridgehead atoms. The number of halogens is 2. The van der Waals surface area contributed by atoms with Gasteiger partial charge in [0.1, 0.15) is 25.4 Å². The van der Waals surface area contributed by atoms with E-state index in [4.69, 9.17) is 10.6 Å². The second-order valence-electron chi connectivity index (χ2n) is 5.62. The Hall–Kier alpha value is -3.55. The van der Waals surface area contributed by atoms with Crippen LogP contribution in [0.3, 0.4) is 0 Å². The lowest BCUT2D eigenvalue weighted by Crippen LogP contribution is -2.25. The van der Waals surface area contributed by atoms with Gasteiger partial charge in [-0.15, -0.1) is 0 Å². The minimum absolute atomic E-state index is 0.0193. The zero-order chi connectivity index (χ0) is 20.5. The lowest BCUT2D eigenvalue weighted by Gasteiger charge is -2.08. The van der Waals surface area contributed by atoms with E-state index in [2.05, 4.69) is 15.1 Å². The van der Waals surface area contributed by atoms with Crippen molar-refractivity contribution in [1.82, 2.24) is 0 Å². The van der Waals surface area contributed by atoms with Gasteiger partial charge in [-0.05, 0) is 31.2 Å². The SMILES string of the molecule is CON=C(C(N)=O)c1ccccc1CON=C(C)/C=C/c1c(F)cccc1F. The fraction of sp³-hybridized carbons (Fsp3) is 0.150. The van der Waals surface area contributed by atoms with Gasteiger partial charge in [-0.3, -0.25) is 4.79 Å². The molecule has 2 rings (SSSR count). The van der Waals surface area contributed by atoms with Crippen LogP contribution in [0.1, 0.15) is 23.6 Å². The first-order valence-corrected chi connectivity index (χ1v) is 8.22. The van der Waals surface area contributed by atoms with Gasteiger partial charge in [0.05, 0.1) is 5.71 Å². The molecule has 0 aliphatic heterocycles. The van der Waals surface area contributed by atoms with Crippen molar-refractivity contribution in [3.8, 4) is 0 Å². The van der Waals surface area contributed by atoms with Crippen molar-refractivity contribution < 1.29 is 23.3 Å². The maximum absolute atomic E-state index is 13.6. The van der Waals surface area contributed by atoms with Crippen molar-refractivity contribution >= 4 is 23.4 Å². The lowest BCUT2D eigenvalue weighted by atomic mass is 10.0. The first kappa shape index (κ1) is 20.8. The number of carbonyl (C=O) groups is 1. The predicted octanol–water partition coefficient (Wildman–Crippen LogP) is 3.41. The van der Waals surface area contributed by atoms with E-state index in [-0.39, 0.29) is 17.9 Å².